The van der Waals surface area contributed by atoms with Crippen molar-refractivity contribution in [3.8, 4) is 0 Å². The largest absolute Gasteiger partial charge is 0.326 e. The standard InChI is InChI=1S/C18H29NO/c1-3-5-7-9-11-18(20)19-17-14-12-16(13-15-17)10-8-6-4-2/h12-15H,3-11H2,1-2H3,(H,19,20). The van der Waals surface area contributed by atoms with Crippen molar-refractivity contribution < 1.29 is 4.79 Å². The molecule has 0 spiro atoms. The molecule has 0 unspecified atom stereocenters. The van der Waals surface area contributed by atoms with Gasteiger partial charge in [-0.3, -0.25) is 4.79 Å². The SMILES string of the molecule is CCCCCCC(=O)Nc1ccc(CCCCC)cc1. The van der Waals surface area contributed by atoms with Gasteiger partial charge in [-0.25, -0.2) is 0 Å². The number of anilines is 1. The molecule has 1 rings (SSSR count). The maximum atomic E-state index is 11.8. The Bertz CT molecular complexity index is 370. The van der Waals surface area contributed by atoms with E-state index in [4.69, 9.17) is 0 Å². The molecule has 20 heavy (non-hydrogen) atoms. The van der Waals surface area contributed by atoms with Crippen molar-refractivity contribution in [3.05, 3.63) is 29.8 Å². The molecule has 112 valence electrons. The van der Waals surface area contributed by atoms with Crippen LogP contribution in [0.15, 0.2) is 24.3 Å². The quantitative estimate of drug-likeness (QED) is 0.575. The van der Waals surface area contributed by atoms with Crippen LogP contribution in [0.5, 0.6) is 0 Å². The highest BCUT2D eigenvalue weighted by atomic mass is 16.1. The molecule has 1 N–H and O–H groups in total. The van der Waals surface area contributed by atoms with E-state index in [-0.39, 0.29) is 5.91 Å². The first-order chi connectivity index (χ1) is 9.76. The third kappa shape index (κ3) is 7.32. The van der Waals surface area contributed by atoms with Crippen LogP contribution in [0, 0.1) is 0 Å². The maximum absolute atomic E-state index is 11.8. The fourth-order valence-corrected chi connectivity index (χ4v) is 2.27. The Morgan fingerprint density at radius 2 is 1.55 bits per heavy atom. The summed E-state index contributed by atoms with van der Waals surface area (Å²) in [5.41, 5.74) is 2.28. The summed E-state index contributed by atoms with van der Waals surface area (Å²) in [6.45, 7) is 4.40. The predicted molar refractivity (Wildman–Crippen MR) is 87.1 cm³/mol. The number of nitrogens with one attached hydrogen (secondary N) is 1. The molecule has 0 bridgehead atoms. The van der Waals surface area contributed by atoms with E-state index in [0.717, 1.165) is 24.9 Å². The number of carbonyl (C=O) groups excluding carboxylic acids is 1. The van der Waals surface area contributed by atoms with Crippen LogP contribution in [0.3, 0.4) is 0 Å². The fraction of sp³-hybridized carbons (Fsp3) is 0.611. The zero-order valence-corrected chi connectivity index (χ0v) is 13.1. The van der Waals surface area contributed by atoms with Crippen LogP contribution in [0.1, 0.15) is 70.8 Å². The van der Waals surface area contributed by atoms with Crippen molar-refractivity contribution >= 4 is 11.6 Å². The van der Waals surface area contributed by atoms with Gasteiger partial charge in [0.25, 0.3) is 0 Å². The van der Waals surface area contributed by atoms with Gasteiger partial charge < -0.3 is 5.32 Å². The second kappa shape index (κ2) is 10.5. The molecule has 0 saturated heterocycles. The van der Waals surface area contributed by atoms with Crippen molar-refractivity contribution in [2.24, 2.45) is 0 Å². The van der Waals surface area contributed by atoms with Crippen LogP contribution in [-0.2, 0) is 11.2 Å². The minimum absolute atomic E-state index is 0.139. The summed E-state index contributed by atoms with van der Waals surface area (Å²) >= 11 is 0. The average molecular weight is 275 g/mol. The molecule has 0 fully saturated rings. The molecule has 0 aromatic heterocycles. The van der Waals surface area contributed by atoms with Gasteiger partial charge in [-0.2, -0.15) is 0 Å². The lowest BCUT2D eigenvalue weighted by Crippen LogP contribution is -2.10. The highest BCUT2D eigenvalue weighted by molar-refractivity contribution is 5.90. The summed E-state index contributed by atoms with van der Waals surface area (Å²) in [5.74, 6) is 0.139. The number of carbonyl (C=O) groups is 1. The third-order valence-corrected chi connectivity index (χ3v) is 3.56. The van der Waals surface area contributed by atoms with Gasteiger partial charge >= 0.3 is 0 Å². The smallest absolute Gasteiger partial charge is 0.224 e. The van der Waals surface area contributed by atoms with Gasteiger partial charge in [-0.15, -0.1) is 0 Å². The number of amides is 1. The first-order valence-electron chi connectivity index (χ1n) is 8.15. The second-order valence-electron chi connectivity index (χ2n) is 5.51. The second-order valence-corrected chi connectivity index (χ2v) is 5.51. The van der Waals surface area contributed by atoms with Gasteiger partial charge in [0, 0.05) is 12.1 Å². The van der Waals surface area contributed by atoms with E-state index in [0.29, 0.717) is 6.42 Å². The van der Waals surface area contributed by atoms with Gasteiger partial charge in [0.15, 0.2) is 0 Å². The van der Waals surface area contributed by atoms with E-state index in [1.165, 1.54) is 37.7 Å². The van der Waals surface area contributed by atoms with E-state index in [9.17, 15) is 4.79 Å². The van der Waals surface area contributed by atoms with Crippen molar-refractivity contribution in [2.75, 3.05) is 5.32 Å². The Morgan fingerprint density at radius 3 is 2.20 bits per heavy atom. The Kier molecular flexibility index (Phi) is 8.77. The number of hydrogen-bond acceptors (Lipinski definition) is 1. The van der Waals surface area contributed by atoms with Crippen LogP contribution < -0.4 is 5.32 Å². The number of hydrogen-bond donors (Lipinski definition) is 1. The Morgan fingerprint density at radius 1 is 0.900 bits per heavy atom. The fourth-order valence-electron chi connectivity index (χ4n) is 2.27. The summed E-state index contributed by atoms with van der Waals surface area (Å²) in [6.07, 6.45) is 10.1. The van der Waals surface area contributed by atoms with E-state index in [1.54, 1.807) is 0 Å². The molecule has 1 amide bonds. The van der Waals surface area contributed by atoms with Crippen molar-refractivity contribution in [2.45, 2.75) is 71.6 Å². The van der Waals surface area contributed by atoms with Crippen LogP contribution in [-0.4, -0.2) is 5.91 Å². The number of unbranched alkanes of at least 4 members (excludes halogenated alkanes) is 5. The first-order valence-corrected chi connectivity index (χ1v) is 8.15. The lowest BCUT2D eigenvalue weighted by atomic mass is 10.1. The maximum Gasteiger partial charge on any atom is 0.224 e. The summed E-state index contributed by atoms with van der Waals surface area (Å²) in [4.78, 5) is 11.8. The van der Waals surface area contributed by atoms with E-state index in [2.05, 4.69) is 31.3 Å². The van der Waals surface area contributed by atoms with Crippen LogP contribution >= 0.6 is 0 Å². The van der Waals surface area contributed by atoms with Crippen LogP contribution in [0.2, 0.25) is 0 Å². The molecule has 1 aromatic rings. The predicted octanol–water partition coefficient (Wildman–Crippen LogP) is 5.33. The molecule has 2 nitrogen and oxygen atoms in total. The average Bonchev–Trinajstić information content (AvgIpc) is 2.46. The van der Waals surface area contributed by atoms with Crippen molar-refractivity contribution in [3.63, 3.8) is 0 Å². The minimum atomic E-state index is 0.139. The molecule has 1 aromatic carbocycles. The minimum Gasteiger partial charge on any atom is -0.326 e. The number of benzene rings is 1. The zero-order valence-electron chi connectivity index (χ0n) is 13.1. The third-order valence-electron chi connectivity index (χ3n) is 3.56. The summed E-state index contributed by atoms with van der Waals surface area (Å²) < 4.78 is 0. The molecular weight excluding hydrogens is 246 g/mol. The molecule has 0 atom stereocenters. The van der Waals surface area contributed by atoms with Gasteiger partial charge in [0.05, 0.1) is 0 Å². The van der Waals surface area contributed by atoms with Gasteiger partial charge in [0.2, 0.25) is 5.91 Å². The van der Waals surface area contributed by atoms with E-state index >= 15 is 0 Å². The highest BCUT2D eigenvalue weighted by Gasteiger charge is 2.02. The Balaban J connectivity index is 2.27. The summed E-state index contributed by atoms with van der Waals surface area (Å²) in [7, 11) is 0. The number of aryl methyl sites for hydroxylation is 1. The molecule has 0 heterocycles. The van der Waals surface area contributed by atoms with Gasteiger partial charge in [-0.05, 0) is 37.0 Å². The van der Waals surface area contributed by atoms with E-state index < -0.39 is 0 Å². The van der Waals surface area contributed by atoms with Crippen LogP contribution in [0.25, 0.3) is 0 Å². The molecule has 0 aliphatic carbocycles. The van der Waals surface area contributed by atoms with E-state index in [1.807, 2.05) is 12.1 Å². The molecule has 0 saturated carbocycles. The summed E-state index contributed by atoms with van der Waals surface area (Å²) in [5, 5.41) is 2.97. The summed E-state index contributed by atoms with van der Waals surface area (Å²) in [6, 6.07) is 8.29. The number of rotatable bonds is 10. The lowest BCUT2D eigenvalue weighted by Gasteiger charge is -2.06. The Labute approximate surface area is 124 Å². The van der Waals surface area contributed by atoms with Crippen molar-refractivity contribution in [1.82, 2.24) is 0 Å². The normalized spacial score (nSPS) is 10.5. The monoisotopic (exact) mass is 275 g/mol. The molecular formula is C18H29NO. The van der Waals surface area contributed by atoms with Gasteiger partial charge in [-0.1, -0.05) is 58.1 Å². The molecule has 0 radical (unpaired) electrons. The molecule has 0 aliphatic heterocycles. The highest BCUT2D eigenvalue weighted by Crippen LogP contribution is 2.13. The molecule has 2 heteroatoms. The first kappa shape index (κ1) is 16.7. The van der Waals surface area contributed by atoms with Gasteiger partial charge in [0.1, 0.15) is 0 Å². The molecule has 0 aliphatic rings. The Hall–Kier alpha value is -1.31. The lowest BCUT2D eigenvalue weighted by molar-refractivity contribution is -0.116. The zero-order chi connectivity index (χ0) is 14.6. The topological polar surface area (TPSA) is 29.1 Å². The van der Waals surface area contributed by atoms with Crippen molar-refractivity contribution in [1.29, 1.82) is 0 Å². The van der Waals surface area contributed by atoms with Crippen LogP contribution in [0.4, 0.5) is 5.69 Å².